The molecule has 0 spiro atoms. The van der Waals surface area contributed by atoms with Gasteiger partial charge in [-0.15, -0.1) is 0 Å². The molecular weight excluding hydrogens is 182 g/mol. The van der Waals surface area contributed by atoms with E-state index in [1.807, 2.05) is 20.8 Å². The minimum atomic E-state index is -0.864. The molecule has 2 atom stereocenters. The first-order valence-electron chi connectivity index (χ1n) is 4.95. The Balaban J connectivity index is 2.65. The Hall–Kier alpha value is -1.06. The van der Waals surface area contributed by atoms with Gasteiger partial charge in [0.2, 0.25) is 5.91 Å². The van der Waals surface area contributed by atoms with Gasteiger partial charge in [0.15, 0.2) is 0 Å². The molecule has 1 N–H and O–H groups in total. The van der Waals surface area contributed by atoms with Crippen LogP contribution >= 0.6 is 0 Å². The number of nitrogens with zero attached hydrogens (tertiary/aromatic N) is 1. The first-order chi connectivity index (χ1) is 6.43. The van der Waals surface area contributed by atoms with Crippen LogP contribution in [0.5, 0.6) is 0 Å². The normalized spacial score (nSPS) is 24.4. The van der Waals surface area contributed by atoms with E-state index in [-0.39, 0.29) is 18.4 Å². The van der Waals surface area contributed by atoms with E-state index in [1.165, 1.54) is 0 Å². The zero-order chi connectivity index (χ0) is 10.9. The molecule has 1 saturated heterocycles. The molecule has 1 amide bonds. The maximum atomic E-state index is 11.5. The molecule has 4 heteroatoms. The average Bonchev–Trinajstić information content (AvgIpc) is 2.46. The van der Waals surface area contributed by atoms with Crippen molar-refractivity contribution in [3.05, 3.63) is 0 Å². The van der Waals surface area contributed by atoms with Crippen LogP contribution in [-0.2, 0) is 9.59 Å². The second kappa shape index (κ2) is 3.98. The van der Waals surface area contributed by atoms with Crippen molar-refractivity contribution in [3.8, 4) is 0 Å². The van der Waals surface area contributed by atoms with Crippen molar-refractivity contribution in [2.24, 2.45) is 11.8 Å². The highest BCUT2D eigenvalue weighted by Crippen LogP contribution is 2.23. The molecule has 0 aromatic heterocycles. The number of carbonyl (C=O) groups is 2. The van der Waals surface area contributed by atoms with Gasteiger partial charge < -0.3 is 10.0 Å². The highest BCUT2D eigenvalue weighted by Gasteiger charge is 2.37. The summed E-state index contributed by atoms with van der Waals surface area (Å²) in [6.07, 6.45) is 0.159. The lowest BCUT2D eigenvalue weighted by Gasteiger charge is -2.27. The molecule has 0 radical (unpaired) electrons. The van der Waals surface area contributed by atoms with Crippen molar-refractivity contribution >= 4 is 11.9 Å². The molecule has 14 heavy (non-hydrogen) atoms. The van der Waals surface area contributed by atoms with Crippen molar-refractivity contribution in [2.45, 2.75) is 33.2 Å². The predicted molar refractivity (Wildman–Crippen MR) is 51.8 cm³/mol. The van der Waals surface area contributed by atoms with Crippen molar-refractivity contribution in [3.63, 3.8) is 0 Å². The molecule has 80 valence electrons. The number of likely N-dealkylation sites (tertiary alicyclic amines) is 1. The van der Waals surface area contributed by atoms with Crippen LogP contribution in [0, 0.1) is 11.8 Å². The van der Waals surface area contributed by atoms with Gasteiger partial charge in [-0.05, 0) is 12.8 Å². The van der Waals surface area contributed by atoms with Gasteiger partial charge in [-0.25, -0.2) is 0 Å². The third-order valence-corrected chi connectivity index (χ3v) is 2.96. The lowest BCUT2D eigenvalue weighted by molar-refractivity contribution is -0.141. The van der Waals surface area contributed by atoms with Crippen molar-refractivity contribution < 1.29 is 14.7 Å². The Morgan fingerprint density at radius 2 is 2.07 bits per heavy atom. The van der Waals surface area contributed by atoms with Gasteiger partial charge in [-0.3, -0.25) is 9.59 Å². The standard InChI is InChI=1S/C10H17NO3/c1-6(2)7(3)11-5-8(10(13)14)4-9(11)12/h6-8H,4-5H2,1-3H3,(H,13,14)/t7-,8-/m1/s1. The van der Waals surface area contributed by atoms with Crippen LogP contribution in [0.3, 0.4) is 0 Å². The van der Waals surface area contributed by atoms with Crippen molar-refractivity contribution in [1.29, 1.82) is 0 Å². The van der Waals surface area contributed by atoms with E-state index in [1.54, 1.807) is 4.90 Å². The van der Waals surface area contributed by atoms with Crippen LogP contribution in [0.25, 0.3) is 0 Å². The van der Waals surface area contributed by atoms with Gasteiger partial charge in [0, 0.05) is 19.0 Å². The van der Waals surface area contributed by atoms with Crippen LogP contribution in [-0.4, -0.2) is 34.5 Å². The van der Waals surface area contributed by atoms with Crippen LogP contribution < -0.4 is 0 Å². The van der Waals surface area contributed by atoms with Crippen molar-refractivity contribution in [1.82, 2.24) is 4.90 Å². The maximum Gasteiger partial charge on any atom is 0.308 e. The Morgan fingerprint density at radius 1 is 1.50 bits per heavy atom. The number of hydrogen-bond acceptors (Lipinski definition) is 2. The lowest BCUT2D eigenvalue weighted by atomic mass is 10.1. The Bertz CT molecular complexity index is 250. The predicted octanol–water partition coefficient (Wildman–Crippen LogP) is 0.964. The van der Waals surface area contributed by atoms with E-state index in [0.29, 0.717) is 12.5 Å². The molecule has 0 bridgehead atoms. The molecule has 4 nitrogen and oxygen atoms in total. The van der Waals surface area contributed by atoms with Gasteiger partial charge >= 0.3 is 5.97 Å². The Kier molecular flexibility index (Phi) is 3.13. The first-order valence-corrected chi connectivity index (χ1v) is 4.95. The van der Waals surface area contributed by atoms with E-state index < -0.39 is 11.9 Å². The lowest BCUT2D eigenvalue weighted by Crippen LogP contribution is -2.38. The molecule has 0 aromatic carbocycles. The molecule has 1 aliphatic rings. The summed E-state index contributed by atoms with van der Waals surface area (Å²) < 4.78 is 0. The molecular formula is C10H17NO3. The summed E-state index contributed by atoms with van der Waals surface area (Å²) in [5, 5.41) is 8.79. The molecule has 1 fully saturated rings. The van der Waals surface area contributed by atoms with E-state index in [2.05, 4.69) is 0 Å². The van der Waals surface area contributed by atoms with Crippen LogP contribution in [0.2, 0.25) is 0 Å². The SMILES string of the molecule is CC(C)[C@@H](C)N1C[C@H](C(=O)O)CC1=O. The van der Waals surface area contributed by atoms with Gasteiger partial charge in [-0.1, -0.05) is 13.8 Å². The number of carboxylic acid groups (broad SMARTS) is 1. The summed E-state index contributed by atoms with van der Waals surface area (Å²) in [6.45, 7) is 6.40. The molecule has 0 unspecified atom stereocenters. The topological polar surface area (TPSA) is 57.6 Å². The minimum Gasteiger partial charge on any atom is -0.481 e. The van der Waals surface area contributed by atoms with Crippen molar-refractivity contribution in [2.75, 3.05) is 6.54 Å². The number of amides is 1. The maximum absolute atomic E-state index is 11.5. The molecule has 0 aromatic rings. The van der Waals surface area contributed by atoms with Crippen LogP contribution in [0.15, 0.2) is 0 Å². The van der Waals surface area contributed by atoms with E-state index in [0.717, 1.165) is 0 Å². The number of hydrogen-bond donors (Lipinski definition) is 1. The zero-order valence-electron chi connectivity index (χ0n) is 8.86. The smallest absolute Gasteiger partial charge is 0.308 e. The van der Waals surface area contributed by atoms with E-state index >= 15 is 0 Å². The number of carboxylic acids is 1. The fourth-order valence-corrected chi connectivity index (χ4v) is 1.65. The molecule has 0 saturated carbocycles. The largest absolute Gasteiger partial charge is 0.481 e. The minimum absolute atomic E-state index is 0.0291. The number of aliphatic carboxylic acids is 1. The zero-order valence-corrected chi connectivity index (χ0v) is 8.86. The number of rotatable bonds is 3. The summed E-state index contributed by atoms with van der Waals surface area (Å²) >= 11 is 0. The highest BCUT2D eigenvalue weighted by atomic mass is 16.4. The Morgan fingerprint density at radius 3 is 2.43 bits per heavy atom. The quantitative estimate of drug-likeness (QED) is 0.736. The van der Waals surface area contributed by atoms with Gasteiger partial charge in [-0.2, -0.15) is 0 Å². The van der Waals surface area contributed by atoms with Gasteiger partial charge in [0.1, 0.15) is 0 Å². The van der Waals surface area contributed by atoms with E-state index in [9.17, 15) is 9.59 Å². The van der Waals surface area contributed by atoms with Crippen LogP contribution in [0.1, 0.15) is 27.2 Å². The molecule has 1 aliphatic heterocycles. The molecule has 1 rings (SSSR count). The summed E-state index contributed by atoms with van der Waals surface area (Å²) in [5.74, 6) is -1.04. The first kappa shape index (κ1) is 11.0. The third-order valence-electron chi connectivity index (χ3n) is 2.96. The fourth-order valence-electron chi connectivity index (χ4n) is 1.65. The number of carbonyl (C=O) groups excluding carboxylic acids is 1. The second-order valence-corrected chi connectivity index (χ2v) is 4.27. The average molecular weight is 199 g/mol. The third kappa shape index (κ3) is 2.05. The van der Waals surface area contributed by atoms with Crippen LogP contribution in [0.4, 0.5) is 0 Å². The molecule has 0 aliphatic carbocycles. The summed E-state index contributed by atoms with van der Waals surface area (Å²) in [5.41, 5.74) is 0. The monoisotopic (exact) mass is 199 g/mol. The molecule has 1 heterocycles. The fraction of sp³-hybridized carbons (Fsp3) is 0.800. The Labute approximate surface area is 83.9 Å². The second-order valence-electron chi connectivity index (χ2n) is 4.27. The summed E-state index contributed by atoms with van der Waals surface area (Å²) in [6, 6.07) is 0.131. The van der Waals surface area contributed by atoms with Gasteiger partial charge in [0.25, 0.3) is 0 Å². The summed E-state index contributed by atoms with van der Waals surface area (Å²) in [7, 11) is 0. The van der Waals surface area contributed by atoms with E-state index in [4.69, 9.17) is 5.11 Å². The van der Waals surface area contributed by atoms with Gasteiger partial charge in [0.05, 0.1) is 5.92 Å². The summed E-state index contributed by atoms with van der Waals surface area (Å²) in [4.78, 5) is 23.9. The highest BCUT2D eigenvalue weighted by molar-refractivity contribution is 5.86.